The molecule has 0 aliphatic heterocycles. The van der Waals surface area contributed by atoms with Crippen molar-refractivity contribution in [2.45, 2.75) is 11.3 Å². The van der Waals surface area contributed by atoms with Gasteiger partial charge in [-0.2, -0.15) is 0 Å². The highest BCUT2D eigenvalue weighted by Crippen LogP contribution is 2.19. The number of hydrogen-bond acceptors (Lipinski definition) is 2. The molecular weight excluding hydrogens is 433 g/mol. The Balaban J connectivity index is 1.73. The maximum atomic E-state index is 12.4. The first-order valence-electron chi connectivity index (χ1n) is 7.44. The average Bonchev–Trinajstić information content (AvgIpc) is 2.58. The first-order chi connectivity index (χ1) is 11.5. The maximum absolute atomic E-state index is 12.4. The van der Waals surface area contributed by atoms with Gasteiger partial charge in [0, 0.05) is 9.26 Å². The summed E-state index contributed by atoms with van der Waals surface area (Å²) in [6.45, 7) is 0. The number of hydrogen-bond donors (Lipinski definition) is 1. The third-order valence-electron chi connectivity index (χ3n) is 3.58. The van der Waals surface area contributed by atoms with E-state index in [1.165, 1.54) is 5.56 Å². The topological polar surface area (TPSA) is 46.2 Å². The molecular formula is C19H16INO2S. The second kappa shape index (κ2) is 7.36. The van der Waals surface area contributed by atoms with E-state index in [1.54, 1.807) is 36.4 Å². The summed E-state index contributed by atoms with van der Waals surface area (Å²) in [6.07, 6.45) is 0.824. The second-order valence-electron chi connectivity index (χ2n) is 5.42. The summed E-state index contributed by atoms with van der Waals surface area (Å²) in [5, 5.41) is 0. The first-order valence-corrected chi connectivity index (χ1v) is 10.0. The Hall–Kier alpha value is -1.86. The molecule has 0 fully saturated rings. The smallest absolute Gasteiger partial charge is 0.261 e. The molecule has 3 nitrogen and oxygen atoms in total. The monoisotopic (exact) mass is 449 g/mol. The van der Waals surface area contributed by atoms with Gasteiger partial charge in [-0.15, -0.1) is 0 Å². The van der Waals surface area contributed by atoms with Crippen LogP contribution in [0.3, 0.4) is 0 Å². The highest BCUT2D eigenvalue weighted by atomic mass is 127. The summed E-state index contributed by atoms with van der Waals surface area (Å²) in [4.78, 5) is 0.260. The Labute approximate surface area is 155 Å². The molecule has 0 radical (unpaired) electrons. The molecule has 5 heteroatoms. The van der Waals surface area contributed by atoms with Gasteiger partial charge in [-0.05, 0) is 76.5 Å². The number of halogens is 1. The van der Waals surface area contributed by atoms with Crippen molar-refractivity contribution in [1.29, 1.82) is 0 Å². The van der Waals surface area contributed by atoms with Crippen LogP contribution in [-0.2, 0) is 16.4 Å². The van der Waals surface area contributed by atoms with Crippen molar-refractivity contribution in [3.8, 4) is 0 Å². The SMILES string of the molecule is O=S(=O)(Nc1ccc(Cc2ccccc2)cc1)c1ccc(I)cc1. The Morgan fingerprint density at radius 2 is 1.33 bits per heavy atom. The second-order valence-corrected chi connectivity index (χ2v) is 8.35. The van der Waals surface area contributed by atoms with E-state index in [-0.39, 0.29) is 4.90 Å². The minimum absolute atomic E-state index is 0.260. The van der Waals surface area contributed by atoms with Crippen molar-refractivity contribution in [3.05, 3.63) is 93.6 Å². The van der Waals surface area contributed by atoms with Gasteiger partial charge in [0.1, 0.15) is 0 Å². The molecule has 0 atom stereocenters. The Morgan fingerprint density at radius 3 is 1.96 bits per heavy atom. The van der Waals surface area contributed by atoms with Gasteiger partial charge in [-0.25, -0.2) is 8.42 Å². The lowest BCUT2D eigenvalue weighted by molar-refractivity contribution is 0.601. The number of benzene rings is 3. The van der Waals surface area contributed by atoms with Gasteiger partial charge >= 0.3 is 0 Å². The maximum Gasteiger partial charge on any atom is 0.261 e. The van der Waals surface area contributed by atoms with E-state index < -0.39 is 10.0 Å². The molecule has 0 aliphatic rings. The fraction of sp³-hybridized carbons (Fsp3) is 0.0526. The fourth-order valence-electron chi connectivity index (χ4n) is 2.35. The summed E-state index contributed by atoms with van der Waals surface area (Å²) in [5.41, 5.74) is 2.92. The number of rotatable bonds is 5. The van der Waals surface area contributed by atoms with Gasteiger partial charge in [0.05, 0.1) is 4.90 Å². The Bertz CT molecular complexity index is 906. The molecule has 1 N–H and O–H groups in total. The fourth-order valence-corrected chi connectivity index (χ4v) is 3.77. The zero-order valence-corrected chi connectivity index (χ0v) is 15.8. The molecule has 0 saturated carbocycles. The first kappa shape index (κ1) is 17.0. The predicted molar refractivity (Wildman–Crippen MR) is 106 cm³/mol. The predicted octanol–water partition coefficient (Wildman–Crippen LogP) is 4.68. The number of anilines is 1. The molecule has 0 bridgehead atoms. The molecule has 0 spiro atoms. The molecule has 0 unspecified atom stereocenters. The Kier molecular flexibility index (Phi) is 5.20. The zero-order chi connectivity index (χ0) is 17.0. The van der Waals surface area contributed by atoms with Crippen molar-refractivity contribution in [3.63, 3.8) is 0 Å². The van der Waals surface area contributed by atoms with Crippen molar-refractivity contribution >= 4 is 38.3 Å². The average molecular weight is 449 g/mol. The minimum atomic E-state index is -3.56. The van der Waals surface area contributed by atoms with Crippen LogP contribution in [0.15, 0.2) is 83.8 Å². The van der Waals surface area contributed by atoms with Crippen LogP contribution in [0.5, 0.6) is 0 Å². The van der Waals surface area contributed by atoms with Gasteiger partial charge in [0.25, 0.3) is 10.0 Å². The molecule has 0 heterocycles. The van der Waals surface area contributed by atoms with Crippen LogP contribution >= 0.6 is 22.6 Å². The summed E-state index contributed by atoms with van der Waals surface area (Å²) < 4.78 is 28.4. The molecule has 122 valence electrons. The largest absolute Gasteiger partial charge is 0.280 e. The lowest BCUT2D eigenvalue weighted by Gasteiger charge is -2.09. The lowest BCUT2D eigenvalue weighted by Crippen LogP contribution is -2.12. The third kappa shape index (κ3) is 4.36. The third-order valence-corrected chi connectivity index (χ3v) is 5.70. The Morgan fingerprint density at radius 1 is 0.750 bits per heavy atom. The van der Waals surface area contributed by atoms with Gasteiger partial charge in [-0.1, -0.05) is 42.5 Å². The van der Waals surface area contributed by atoms with E-state index in [4.69, 9.17) is 0 Å². The van der Waals surface area contributed by atoms with Gasteiger partial charge in [-0.3, -0.25) is 4.72 Å². The molecule has 3 aromatic rings. The zero-order valence-electron chi connectivity index (χ0n) is 12.8. The van der Waals surface area contributed by atoms with E-state index >= 15 is 0 Å². The standard InChI is InChI=1S/C19H16INO2S/c20-17-8-12-19(13-9-17)24(22,23)21-18-10-6-16(7-11-18)14-15-4-2-1-3-5-15/h1-13,21H,14H2. The van der Waals surface area contributed by atoms with Crippen LogP contribution in [0.4, 0.5) is 5.69 Å². The van der Waals surface area contributed by atoms with Crippen molar-refractivity contribution in [2.75, 3.05) is 4.72 Å². The number of nitrogens with one attached hydrogen (secondary N) is 1. The van der Waals surface area contributed by atoms with E-state index in [1.807, 2.05) is 30.3 Å². The van der Waals surface area contributed by atoms with Crippen molar-refractivity contribution in [1.82, 2.24) is 0 Å². The molecule has 3 rings (SSSR count). The lowest BCUT2D eigenvalue weighted by atomic mass is 10.1. The van der Waals surface area contributed by atoms with E-state index in [0.29, 0.717) is 5.69 Å². The highest BCUT2D eigenvalue weighted by Gasteiger charge is 2.13. The van der Waals surface area contributed by atoms with Crippen LogP contribution in [-0.4, -0.2) is 8.42 Å². The van der Waals surface area contributed by atoms with E-state index in [9.17, 15) is 8.42 Å². The quantitative estimate of drug-likeness (QED) is 0.575. The molecule has 0 aromatic heterocycles. The van der Waals surface area contributed by atoms with Crippen molar-refractivity contribution in [2.24, 2.45) is 0 Å². The molecule has 0 saturated heterocycles. The summed E-state index contributed by atoms with van der Waals surface area (Å²) >= 11 is 2.15. The van der Waals surface area contributed by atoms with Crippen LogP contribution in [0, 0.1) is 3.57 Å². The summed E-state index contributed by atoms with van der Waals surface area (Å²) in [6, 6.07) is 24.4. The summed E-state index contributed by atoms with van der Waals surface area (Å²) in [7, 11) is -3.56. The normalized spacial score (nSPS) is 11.2. The number of sulfonamides is 1. The van der Waals surface area contributed by atoms with E-state index in [0.717, 1.165) is 15.6 Å². The van der Waals surface area contributed by atoms with Crippen LogP contribution < -0.4 is 4.72 Å². The van der Waals surface area contributed by atoms with Crippen LogP contribution in [0.2, 0.25) is 0 Å². The van der Waals surface area contributed by atoms with Gasteiger partial charge in [0.15, 0.2) is 0 Å². The van der Waals surface area contributed by atoms with Crippen molar-refractivity contribution < 1.29 is 8.42 Å². The van der Waals surface area contributed by atoms with E-state index in [2.05, 4.69) is 39.4 Å². The highest BCUT2D eigenvalue weighted by molar-refractivity contribution is 14.1. The molecule has 0 aliphatic carbocycles. The molecule has 3 aromatic carbocycles. The van der Waals surface area contributed by atoms with Crippen LogP contribution in [0.1, 0.15) is 11.1 Å². The summed E-state index contributed by atoms with van der Waals surface area (Å²) in [5.74, 6) is 0. The molecule has 0 amide bonds. The van der Waals surface area contributed by atoms with Gasteiger partial charge < -0.3 is 0 Å². The molecule has 24 heavy (non-hydrogen) atoms. The van der Waals surface area contributed by atoms with Crippen LogP contribution in [0.25, 0.3) is 0 Å². The van der Waals surface area contributed by atoms with Gasteiger partial charge in [0.2, 0.25) is 0 Å². The minimum Gasteiger partial charge on any atom is -0.280 e.